The van der Waals surface area contributed by atoms with Crippen LogP contribution in [0, 0.1) is 13.8 Å². The fourth-order valence-corrected chi connectivity index (χ4v) is 3.30. The Morgan fingerprint density at radius 2 is 1.79 bits per heavy atom. The number of carbonyl (C=O) groups excluding carboxylic acids is 1. The topological polar surface area (TPSA) is 68.9 Å². The Morgan fingerprint density at radius 1 is 0.966 bits per heavy atom. The van der Waals surface area contributed by atoms with Crippen LogP contribution in [0.25, 0.3) is 22.6 Å². The van der Waals surface area contributed by atoms with Crippen LogP contribution in [0.5, 0.6) is 0 Å². The lowest BCUT2D eigenvalue weighted by Crippen LogP contribution is -2.02. The molecule has 3 heterocycles. The van der Waals surface area contributed by atoms with E-state index in [9.17, 15) is 4.79 Å². The van der Waals surface area contributed by atoms with Crippen LogP contribution >= 0.6 is 0 Å². The Bertz CT molecular complexity index is 1150. The number of carbonyl (C=O) groups is 1. The van der Waals surface area contributed by atoms with Crippen LogP contribution in [0.4, 0.5) is 0 Å². The summed E-state index contributed by atoms with van der Waals surface area (Å²) in [5.41, 5.74) is 6.31. The molecule has 1 aromatic carbocycles. The van der Waals surface area contributed by atoms with Crippen LogP contribution in [0.1, 0.15) is 33.7 Å². The molecule has 144 valence electrons. The van der Waals surface area contributed by atoms with Gasteiger partial charge in [0.25, 0.3) is 0 Å². The summed E-state index contributed by atoms with van der Waals surface area (Å²) in [7, 11) is 0. The number of rotatable bonds is 6. The van der Waals surface area contributed by atoms with Crippen LogP contribution in [0.2, 0.25) is 0 Å². The minimum Gasteiger partial charge on any atom is -0.356 e. The molecule has 0 aliphatic heterocycles. The summed E-state index contributed by atoms with van der Waals surface area (Å²) in [6, 6.07) is 17.4. The lowest BCUT2D eigenvalue weighted by atomic mass is 10.0. The quantitative estimate of drug-likeness (QED) is 0.426. The molecule has 0 aliphatic rings. The Labute approximate surface area is 169 Å². The molecular weight excluding hydrogens is 362 g/mol. The number of hydrogen-bond donors (Lipinski definition) is 0. The first-order valence-electron chi connectivity index (χ1n) is 9.54. The SMILES string of the molecule is Cc1cc(-c2ncc(CCC(=O)c3cc(-c4ccccc4)on3)cc2C)ccn1. The Kier molecular flexibility index (Phi) is 5.29. The number of hydrogen-bond acceptors (Lipinski definition) is 5. The molecule has 4 aromatic rings. The summed E-state index contributed by atoms with van der Waals surface area (Å²) >= 11 is 0. The number of ketones is 1. The summed E-state index contributed by atoms with van der Waals surface area (Å²) < 4.78 is 5.33. The molecule has 0 radical (unpaired) electrons. The first-order valence-corrected chi connectivity index (χ1v) is 9.54. The first kappa shape index (κ1) is 18.7. The van der Waals surface area contributed by atoms with Gasteiger partial charge in [0.2, 0.25) is 0 Å². The zero-order valence-corrected chi connectivity index (χ0v) is 16.4. The van der Waals surface area contributed by atoms with Gasteiger partial charge in [-0.05, 0) is 43.5 Å². The fourth-order valence-electron chi connectivity index (χ4n) is 3.30. The van der Waals surface area contributed by atoms with Gasteiger partial charge in [0.15, 0.2) is 11.5 Å². The second-order valence-electron chi connectivity index (χ2n) is 7.06. The third-order valence-electron chi connectivity index (χ3n) is 4.80. The number of aromatic nitrogens is 3. The van der Waals surface area contributed by atoms with Gasteiger partial charge in [-0.1, -0.05) is 41.6 Å². The molecule has 29 heavy (non-hydrogen) atoms. The smallest absolute Gasteiger partial charge is 0.185 e. The number of benzene rings is 1. The highest BCUT2D eigenvalue weighted by atomic mass is 16.5. The third kappa shape index (κ3) is 4.29. The van der Waals surface area contributed by atoms with Crippen LogP contribution in [-0.2, 0) is 6.42 Å². The Hall–Kier alpha value is -3.60. The minimum absolute atomic E-state index is 0.0394. The van der Waals surface area contributed by atoms with Crippen molar-refractivity contribution in [1.82, 2.24) is 15.1 Å². The fraction of sp³-hybridized carbons (Fsp3) is 0.167. The molecule has 4 rings (SSSR count). The van der Waals surface area contributed by atoms with Crippen molar-refractivity contribution in [3.05, 3.63) is 89.5 Å². The summed E-state index contributed by atoms with van der Waals surface area (Å²) in [5.74, 6) is 0.561. The summed E-state index contributed by atoms with van der Waals surface area (Å²) in [6.45, 7) is 4.00. The zero-order chi connectivity index (χ0) is 20.2. The molecule has 0 aliphatic carbocycles. The first-order chi connectivity index (χ1) is 14.1. The molecule has 0 spiro atoms. The summed E-state index contributed by atoms with van der Waals surface area (Å²) in [4.78, 5) is 21.4. The third-order valence-corrected chi connectivity index (χ3v) is 4.80. The van der Waals surface area contributed by atoms with Gasteiger partial charge in [-0.2, -0.15) is 0 Å². The maximum absolute atomic E-state index is 12.5. The monoisotopic (exact) mass is 383 g/mol. The van der Waals surface area contributed by atoms with Crippen molar-refractivity contribution in [2.75, 3.05) is 0 Å². The Morgan fingerprint density at radius 3 is 2.55 bits per heavy atom. The lowest BCUT2D eigenvalue weighted by Gasteiger charge is -2.08. The highest BCUT2D eigenvalue weighted by molar-refractivity contribution is 5.95. The molecule has 0 atom stereocenters. The zero-order valence-electron chi connectivity index (χ0n) is 16.4. The van der Waals surface area contributed by atoms with Crippen molar-refractivity contribution in [1.29, 1.82) is 0 Å². The molecule has 3 aromatic heterocycles. The van der Waals surface area contributed by atoms with Crippen molar-refractivity contribution in [2.24, 2.45) is 0 Å². The van der Waals surface area contributed by atoms with Gasteiger partial charge in [-0.3, -0.25) is 14.8 Å². The van der Waals surface area contributed by atoms with Crippen molar-refractivity contribution < 1.29 is 9.32 Å². The highest BCUT2D eigenvalue weighted by Gasteiger charge is 2.14. The van der Waals surface area contributed by atoms with E-state index in [1.165, 1.54) is 0 Å². The van der Waals surface area contributed by atoms with Crippen LogP contribution in [0.3, 0.4) is 0 Å². The van der Waals surface area contributed by atoms with E-state index in [0.29, 0.717) is 24.3 Å². The van der Waals surface area contributed by atoms with E-state index in [1.54, 1.807) is 12.3 Å². The number of Topliss-reactive ketones (excluding diaryl/α,β-unsaturated/α-hetero) is 1. The van der Waals surface area contributed by atoms with Crippen LogP contribution in [-0.4, -0.2) is 20.9 Å². The second-order valence-corrected chi connectivity index (χ2v) is 7.06. The van der Waals surface area contributed by atoms with E-state index in [0.717, 1.165) is 33.6 Å². The van der Waals surface area contributed by atoms with Gasteiger partial charge in [0, 0.05) is 41.7 Å². The van der Waals surface area contributed by atoms with Crippen molar-refractivity contribution in [3.63, 3.8) is 0 Å². The molecule has 0 amide bonds. The normalized spacial score (nSPS) is 10.8. The maximum atomic E-state index is 12.5. The van der Waals surface area contributed by atoms with Gasteiger partial charge in [-0.25, -0.2) is 0 Å². The maximum Gasteiger partial charge on any atom is 0.185 e. The van der Waals surface area contributed by atoms with E-state index in [2.05, 4.69) is 21.2 Å². The molecule has 0 saturated carbocycles. The largest absolute Gasteiger partial charge is 0.356 e. The standard InChI is InChI=1S/C24H21N3O2/c1-16-12-18(15-26-24(16)20-10-11-25-17(2)13-20)8-9-22(28)21-14-23(29-27-21)19-6-4-3-5-7-19/h3-7,10-15H,8-9H2,1-2H3. The van der Waals surface area contributed by atoms with E-state index >= 15 is 0 Å². The number of nitrogens with zero attached hydrogens (tertiary/aromatic N) is 3. The van der Waals surface area contributed by atoms with E-state index in [1.807, 2.05) is 62.5 Å². The lowest BCUT2D eigenvalue weighted by molar-refractivity contribution is 0.0974. The summed E-state index contributed by atoms with van der Waals surface area (Å²) in [5, 5.41) is 3.94. The molecule has 0 saturated heterocycles. The number of aryl methyl sites for hydroxylation is 3. The molecule has 0 unspecified atom stereocenters. The highest BCUT2D eigenvalue weighted by Crippen LogP contribution is 2.23. The predicted molar refractivity (Wildman–Crippen MR) is 112 cm³/mol. The molecule has 5 heteroatoms. The van der Waals surface area contributed by atoms with E-state index < -0.39 is 0 Å². The minimum atomic E-state index is -0.0394. The average molecular weight is 383 g/mol. The molecule has 5 nitrogen and oxygen atoms in total. The summed E-state index contributed by atoms with van der Waals surface area (Å²) in [6.07, 6.45) is 4.59. The van der Waals surface area contributed by atoms with Crippen molar-refractivity contribution in [2.45, 2.75) is 26.7 Å². The van der Waals surface area contributed by atoms with Crippen molar-refractivity contribution in [3.8, 4) is 22.6 Å². The second kappa shape index (κ2) is 8.19. The van der Waals surface area contributed by atoms with E-state index in [-0.39, 0.29) is 5.78 Å². The molecule has 0 fully saturated rings. The number of pyridine rings is 2. The van der Waals surface area contributed by atoms with Gasteiger partial charge in [0.1, 0.15) is 5.69 Å². The van der Waals surface area contributed by atoms with Gasteiger partial charge in [0.05, 0.1) is 5.69 Å². The van der Waals surface area contributed by atoms with Crippen LogP contribution in [0.15, 0.2) is 71.5 Å². The predicted octanol–water partition coefficient (Wildman–Crippen LogP) is 5.23. The van der Waals surface area contributed by atoms with Gasteiger partial charge < -0.3 is 4.52 Å². The molecular formula is C24H21N3O2. The molecule has 0 N–H and O–H groups in total. The van der Waals surface area contributed by atoms with Crippen molar-refractivity contribution >= 4 is 5.78 Å². The molecule has 0 bridgehead atoms. The van der Waals surface area contributed by atoms with Gasteiger partial charge >= 0.3 is 0 Å². The van der Waals surface area contributed by atoms with Gasteiger partial charge in [-0.15, -0.1) is 0 Å². The average Bonchev–Trinajstić information content (AvgIpc) is 3.23. The van der Waals surface area contributed by atoms with E-state index in [4.69, 9.17) is 4.52 Å². The van der Waals surface area contributed by atoms with Crippen LogP contribution < -0.4 is 0 Å². The Balaban J connectivity index is 1.43.